The highest BCUT2D eigenvalue weighted by Gasteiger charge is 2.52. The smallest absolute Gasteiger partial charge is 0.321 e. The molecule has 0 aromatic carbocycles. The molecular weight excluding hydrogens is 288 g/mol. The first kappa shape index (κ1) is 14.8. The summed E-state index contributed by atoms with van der Waals surface area (Å²) in [6.45, 7) is 2.29. The summed E-state index contributed by atoms with van der Waals surface area (Å²) < 4.78 is 5.47. The molecule has 0 amide bonds. The van der Waals surface area contributed by atoms with Gasteiger partial charge in [-0.2, -0.15) is 0 Å². The molecule has 1 aliphatic heterocycles. The molecule has 0 saturated carbocycles. The molecule has 5 atom stereocenters. The summed E-state index contributed by atoms with van der Waals surface area (Å²) in [4.78, 5) is 22.8. The molecule has 2 aliphatic carbocycles. The van der Waals surface area contributed by atoms with E-state index in [0.717, 1.165) is 0 Å². The summed E-state index contributed by atoms with van der Waals surface area (Å²) in [6, 6.07) is -1.29. The average molecular weight is 307 g/mol. The van der Waals surface area contributed by atoms with Gasteiger partial charge in [-0.25, -0.2) is 5.21 Å². The van der Waals surface area contributed by atoms with Crippen LogP contribution in [0.3, 0.4) is 0 Å². The Bertz CT molecular complexity index is 595. The third kappa shape index (κ3) is 2.31. The minimum atomic E-state index is -0.938. The molecule has 0 aromatic heterocycles. The van der Waals surface area contributed by atoms with E-state index in [2.05, 4.69) is 5.32 Å². The van der Waals surface area contributed by atoms with Gasteiger partial charge in [0.25, 0.3) is 4.92 Å². The number of carboxylic acid groups (broad SMARTS) is 1. The van der Waals surface area contributed by atoms with Crippen molar-refractivity contribution >= 4 is 5.97 Å². The molecule has 1 heterocycles. The predicted molar refractivity (Wildman–Crippen MR) is 75.8 cm³/mol. The molecule has 0 radical (unpaired) electrons. The van der Waals surface area contributed by atoms with Crippen LogP contribution >= 0.6 is 0 Å². The number of ether oxygens (including phenoxy) is 1. The molecule has 1 saturated heterocycles. The number of rotatable bonds is 4. The zero-order valence-electron chi connectivity index (χ0n) is 12.2. The Kier molecular flexibility index (Phi) is 3.74. The van der Waals surface area contributed by atoms with Crippen LogP contribution < -0.4 is 5.32 Å². The fraction of sp³-hybridized carbons (Fsp3) is 0.533. The Morgan fingerprint density at radius 3 is 2.91 bits per heavy atom. The van der Waals surface area contributed by atoms with Crippen molar-refractivity contribution in [2.45, 2.75) is 25.4 Å². The number of piperidine rings is 1. The normalized spacial score (nSPS) is 36.0. The van der Waals surface area contributed by atoms with Gasteiger partial charge in [-0.1, -0.05) is 12.2 Å². The molecule has 3 aliphatic rings. The second-order valence-corrected chi connectivity index (χ2v) is 5.79. The van der Waals surface area contributed by atoms with Crippen molar-refractivity contribution in [3.63, 3.8) is 0 Å². The van der Waals surface area contributed by atoms with Gasteiger partial charge >= 0.3 is 11.7 Å². The fourth-order valence-electron chi connectivity index (χ4n) is 3.76. The Labute approximate surface area is 127 Å². The molecule has 0 bridgehead atoms. The lowest BCUT2D eigenvalue weighted by Gasteiger charge is -2.42. The topological polar surface area (TPSA) is 98.9 Å². The van der Waals surface area contributed by atoms with Gasteiger partial charge in [0.15, 0.2) is 0 Å². The van der Waals surface area contributed by atoms with Gasteiger partial charge in [0.2, 0.25) is 0 Å². The summed E-state index contributed by atoms with van der Waals surface area (Å²) in [6.07, 6.45) is 8.06. The SMILES string of the molecule is CCOC1=CC2C(NC(C(=O)O)C3CC=CC23)C([N+](=O)O)=C1. The van der Waals surface area contributed by atoms with Gasteiger partial charge in [0.05, 0.1) is 17.6 Å². The van der Waals surface area contributed by atoms with E-state index in [4.69, 9.17) is 4.74 Å². The van der Waals surface area contributed by atoms with Crippen molar-refractivity contribution in [1.29, 1.82) is 0 Å². The van der Waals surface area contributed by atoms with E-state index in [1.807, 2.05) is 25.2 Å². The van der Waals surface area contributed by atoms with Gasteiger partial charge < -0.3 is 9.84 Å². The highest BCUT2D eigenvalue weighted by molar-refractivity contribution is 5.74. The largest absolute Gasteiger partial charge is 0.494 e. The highest BCUT2D eigenvalue weighted by atomic mass is 16.6. The Morgan fingerprint density at radius 2 is 2.27 bits per heavy atom. The Morgan fingerprint density at radius 1 is 1.50 bits per heavy atom. The third-order valence-corrected chi connectivity index (χ3v) is 4.64. The van der Waals surface area contributed by atoms with Gasteiger partial charge in [-0.3, -0.25) is 10.1 Å². The van der Waals surface area contributed by atoms with E-state index in [1.165, 1.54) is 6.08 Å². The standard InChI is InChI=1S/C15H18N2O5/c1-2-22-8-6-11-9-4-3-5-10(9)14(15(18)19)16-13(11)12(7-8)17(20)21/h3-4,6-7,9-11,13-14,16H,2,5H2,1H3,(H-,18,19,20,21)/p+1. The fourth-order valence-corrected chi connectivity index (χ4v) is 3.76. The molecule has 118 valence electrons. The van der Waals surface area contributed by atoms with Crippen molar-refractivity contribution in [1.82, 2.24) is 5.32 Å². The summed E-state index contributed by atoms with van der Waals surface area (Å²) in [7, 11) is 0. The second kappa shape index (κ2) is 5.57. The molecule has 22 heavy (non-hydrogen) atoms. The molecular formula is C15H19N2O5+. The van der Waals surface area contributed by atoms with E-state index in [9.17, 15) is 20.0 Å². The first-order valence-electron chi connectivity index (χ1n) is 7.40. The lowest BCUT2D eigenvalue weighted by atomic mass is 9.70. The summed E-state index contributed by atoms with van der Waals surface area (Å²) >= 11 is 0. The lowest BCUT2D eigenvalue weighted by molar-refractivity contribution is -0.758. The van der Waals surface area contributed by atoms with Crippen LogP contribution in [0.5, 0.6) is 0 Å². The van der Waals surface area contributed by atoms with Gasteiger partial charge in [0, 0.05) is 5.92 Å². The second-order valence-electron chi connectivity index (χ2n) is 5.79. The van der Waals surface area contributed by atoms with Crippen LogP contribution in [-0.2, 0) is 9.53 Å². The number of carboxylic acids is 1. The van der Waals surface area contributed by atoms with Gasteiger partial charge in [-0.05, 0) is 31.3 Å². The first-order chi connectivity index (χ1) is 10.5. The van der Waals surface area contributed by atoms with E-state index in [0.29, 0.717) is 18.8 Å². The van der Waals surface area contributed by atoms with Crippen LogP contribution in [0.25, 0.3) is 0 Å². The van der Waals surface area contributed by atoms with E-state index in [1.54, 1.807) is 0 Å². The molecule has 7 heteroatoms. The van der Waals surface area contributed by atoms with Crippen LogP contribution in [0.4, 0.5) is 0 Å². The lowest BCUT2D eigenvalue weighted by Crippen LogP contribution is -2.60. The van der Waals surface area contributed by atoms with Crippen molar-refractivity contribution < 1.29 is 24.8 Å². The molecule has 0 aromatic rings. The van der Waals surface area contributed by atoms with Crippen molar-refractivity contribution in [2.24, 2.45) is 17.8 Å². The third-order valence-electron chi connectivity index (χ3n) is 4.64. The summed E-state index contributed by atoms with van der Waals surface area (Å²) in [5.74, 6) is -0.582. The maximum Gasteiger partial charge on any atom is 0.321 e. The van der Waals surface area contributed by atoms with Crippen LogP contribution in [-0.4, -0.2) is 39.9 Å². The number of carbonyl (C=O) groups is 1. The minimum Gasteiger partial charge on any atom is -0.494 e. The number of allylic oxidation sites excluding steroid dienone is 3. The summed E-state index contributed by atoms with van der Waals surface area (Å²) in [5.41, 5.74) is 0.0842. The van der Waals surface area contributed by atoms with Gasteiger partial charge in [-0.15, -0.1) is 0 Å². The molecule has 3 rings (SSSR count). The summed E-state index contributed by atoms with van der Waals surface area (Å²) in [5, 5.41) is 21.8. The van der Waals surface area contributed by atoms with Crippen molar-refractivity contribution in [3.8, 4) is 0 Å². The number of hydrogen-bond donors (Lipinski definition) is 3. The van der Waals surface area contributed by atoms with Crippen molar-refractivity contribution in [2.75, 3.05) is 6.61 Å². The van der Waals surface area contributed by atoms with Crippen molar-refractivity contribution in [3.05, 3.63) is 40.7 Å². The number of nitrogens with one attached hydrogen (secondary N) is 1. The van der Waals surface area contributed by atoms with Crippen LogP contribution in [0.2, 0.25) is 0 Å². The van der Waals surface area contributed by atoms with Crippen LogP contribution in [0.1, 0.15) is 13.3 Å². The Hall–Kier alpha value is -2.15. The average Bonchev–Trinajstić information content (AvgIpc) is 2.95. The minimum absolute atomic E-state index is 0.00598. The Balaban J connectivity index is 1.99. The van der Waals surface area contributed by atoms with E-state index >= 15 is 0 Å². The van der Waals surface area contributed by atoms with E-state index < -0.39 is 18.1 Å². The maximum absolute atomic E-state index is 11.5. The zero-order chi connectivity index (χ0) is 15.9. The quantitative estimate of drug-likeness (QED) is 0.533. The molecule has 0 spiro atoms. The molecule has 3 N–H and O–H groups in total. The zero-order valence-corrected chi connectivity index (χ0v) is 12.2. The predicted octanol–water partition coefficient (Wildman–Crippen LogP) is 1.21. The highest BCUT2D eigenvalue weighted by Crippen LogP contribution is 2.44. The molecule has 1 fully saturated rings. The monoisotopic (exact) mass is 307 g/mol. The number of fused-ring (bicyclic) bond motifs is 3. The molecule has 7 nitrogen and oxygen atoms in total. The van der Waals surface area contributed by atoms with E-state index in [-0.39, 0.29) is 28.4 Å². The van der Waals surface area contributed by atoms with Gasteiger partial charge in [0.1, 0.15) is 17.8 Å². The number of hydrogen-bond acceptors (Lipinski definition) is 4. The number of nitrogens with zero attached hydrogens (tertiary/aromatic N) is 1. The van der Waals surface area contributed by atoms with Crippen LogP contribution in [0.15, 0.2) is 35.8 Å². The van der Waals surface area contributed by atoms with Crippen LogP contribution in [0, 0.1) is 22.7 Å². The number of aliphatic carboxylic acids is 1. The molecule has 5 unspecified atom stereocenters. The maximum atomic E-state index is 11.5. The first-order valence-corrected chi connectivity index (χ1v) is 7.40.